The van der Waals surface area contributed by atoms with E-state index in [1.165, 1.54) is 0 Å². The fraction of sp³-hybridized carbons (Fsp3) is 0.667. The summed E-state index contributed by atoms with van der Waals surface area (Å²) >= 11 is 0. The smallest absolute Gasteiger partial charge is 0.320 e. The highest BCUT2D eigenvalue weighted by Gasteiger charge is 2.16. The van der Waals surface area contributed by atoms with Gasteiger partial charge < -0.3 is 16.6 Å². The van der Waals surface area contributed by atoms with E-state index in [9.17, 15) is 9.59 Å². The van der Waals surface area contributed by atoms with E-state index in [4.69, 9.17) is 22.4 Å². The lowest BCUT2D eigenvalue weighted by Gasteiger charge is -2.11. The van der Waals surface area contributed by atoms with Crippen LogP contribution < -0.4 is 22.7 Å². The fourth-order valence-electron chi connectivity index (χ4n) is 0.721. The van der Waals surface area contributed by atoms with Crippen LogP contribution in [0.2, 0.25) is 0 Å². The molecule has 0 aliphatic carbocycles. The third-order valence-corrected chi connectivity index (χ3v) is 1.58. The number of amides is 1. The van der Waals surface area contributed by atoms with E-state index in [-0.39, 0.29) is 12.8 Å². The Morgan fingerprint density at radius 3 is 2.08 bits per heavy atom. The van der Waals surface area contributed by atoms with E-state index in [1.54, 1.807) is 0 Å². The van der Waals surface area contributed by atoms with Gasteiger partial charge in [-0.15, -0.1) is 0 Å². The van der Waals surface area contributed by atoms with E-state index in [1.807, 2.05) is 5.43 Å². The number of hydrogen-bond donors (Lipinski definition) is 5. The molecule has 0 fully saturated rings. The molecule has 0 heterocycles. The summed E-state index contributed by atoms with van der Waals surface area (Å²) in [5.74, 6) is 3.17. The zero-order valence-electron chi connectivity index (χ0n) is 7.06. The maximum Gasteiger partial charge on any atom is 0.320 e. The molecular formula is C6H14N4O3. The Hall–Kier alpha value is -1.18. The molecule has 7 heteroatoms. The molecule has 13 heavy (non-hydrogen) atoms. The number of carboxylic acid groups (broad SMARTS) is 1. The molecule has 2 atom stereocenters. The predicted molar refractivity (Wildman–Crippen MR) is 45.2 cm³/mol. The van der Waals surface area contributed by atoms with Crippen molar-refractivity contribution in [1.29, 1.82) is 0 Å². The van der Waals surface area contributed by atoms with E-state index in [0.717, 1.165) is 0 Å². The quantitative estimate of drug-likeness (QED) is 0.184. The predicted octanol–water partition coefficient (Wildman–Crippen LogP) is -2.50. The number of carbonyl (C=O) groups is 2. The van der Waals surface area contributed by atoms with Crippen LogP contribution in [-0.2, 0) is 9.59 Å². The fourth-order valence-corrected chi connectivity index (χ4v) is 0.721. The average molecular weight is 190 g/mol. The average Bonchev–Trinajstić information content (AvgIpc) is 2.11. The largest absolute Gasteiger partial charge is 0.480 e. The maximum absolute atomic E-state index is 10.7. The third-order valence-electron chi connectivity index (χ3n) is 1.58. The van der Waals surface area contributed by atoms with Crippen molar-refractivity contribution in [2.45, 2.75) is 24.9 Å². The van der Waals surface area contributed by atoms with Crippen molar-refractivity contribution < 1.29 is 14.7 Å². The van der Waals surface area contributed by atoms with Crippen LogP contribution in [0.25, 0.3) is 0 Å². The minimum absolute atomic E-state index is 0.143. The lowest BCUT2D eigenvalue weighted by molar-refractivity contribution is -0.138. The summed E-state index contributed by atoms with van der Waals surface area (Å²) in [4.78, 5) is 21.0. The van der Waals surface area contributed by atoms with Gasteiger partial charge in [0.05, 0.1) is 6.04 Å². The minimum atomic E-state index is -1.11. The Balaban J connectivity index is 3.76. The molecule has 0 aliphatic heterocycles. The van der Waals surface area contributed by atoms with Gasteiger partial charge in [-0.3, -0.25) is 15.0 Å². The van der Waals surface area contributed by atoms with E-state index in [0.29, 0.717) is 0 Å². The Kier molecular flexibility index (Phi) is 4.97. The second-order valence-electron chi connectivity index (χ2n) is 2.64. The number of rotatable bonds is 5. The van der Waals surface area contributed by atoms with Crippen LogP contribution in [0, 0.1) is 0 Å². The van der Waals surface area contributed by atoms with Crippen molar-refractivity contribution >= 4 is 11.9 Å². The molecule has 8 N–H and O–H groups in total. The molecular weight excluding hydrogens is 176 g/mol. The Labute approximate surface area is 75.2 Å². The Morgan fingerprint density at radius 2 is 1.69 bits per heavy atom. The molecule has 0 aliphatic rings. The van der Waals surface area contributed by atoms with Crippen LogP contribution in [0.5, 0.6) is 0 Å². The normalized spacial score (nSPS) is 14.7. The van der Waals surface area contributed by atoms with Crippen molar-refractivity contribution in [2.24, 2.45) is 17.3 Å². The monoisotopic (exact) mass is 190 g/mol. The molecule has 0 aromatic carbocycles. The van der Waals surface area contributed by atoms with Gasteiger partial charge in [0.15, 0.2) is 0 Å². The number of nitrogens with one attached hydrogen (secondary N) is 1. The minimum Gasteiger partial charge on any atom is -0.480 e. The molecule has 0 saturated heterocycles. The molecule has 0 bridgehead atoms. The lowest BCUT2D eigenvalue weighted by Crippen LogP contribution is -2.45. The number of carbonyl (C=O) groups excluding carboxylic acids is 1. The van der Waals surface area contributed by atoms with Crippen molar-refractivity contribution in [1.82, 2.24) is 5.43 Å². The molecule has 0 spiro atoms. The van der Waals surface area contributed by atoms with Gasteiger partial charge in [0, 0.05) is 0 Å². The maximum atomic E-state index is 10.7. The van der Waals surface area contributed by atoms with E-state index in [2.05, 4.69) is 0 Å². The van der Waals surface area contributed by atoms with Crippen molar-refractivity contribution in [3.05, 3.63) is 0 Å². The Bertz CT molecular complexity index is 196. The first-order valence-electron chi connectivity index (χ1n) is 3.73. The molecule has 76 valence electrons. The topological polar surface area (TPSA) is 144 Å². The summed E-state index contributed by atoms with van der Waals surface area (Å²) in [7, 11) is 0. The van der Waals surface area contributed by atoms with Crippen LogP contribution in [-0.4, -0.2) is 29.1 Å². The summed E-state index contributed by atoms with van der Waals surface area (Å²) < 4.78 is 0. The van der Waals surface area contributed by atoms with Crippen LogP contribution in [0.4, 0.5) is 0 Å². The lowest BCUT2D eigenvalue weighted by atomic mass is 10.1. The number of hydrogen-bond acceptors (Lipinski definition) is 5. The summed E-state index contributed by atoms with van der Waals surface area (Å²) in [6.07, 6.45) is 0.334. The van der Waals surface area contributed by atoms with Crippen molar-refractivity contribution in [3.8, 4) is 0 Å². The Morgan fingerprint density at radius 1 is 1.23 bits per heavy atom. The van der Waals surface area contributed by atoms with E-state index < -0.39 is 24.0 Å². The summed E-state index contributed by atoms with van der Waals surface area (Å²) in [6, 6.07) is -1.80. The summed E-state index contributed by atoms with van der Waals surface area (Å²) in [5, 5.41) is 8.40. The molecule has 0 saturated carbocycles. The van der Waals surface area contributed by atoms with Crippen LogP contribution in [0.15, 0.2) is 0 Å². The van der Waals surface area contributed by atoms with Crippen LogP contribution in [0.3, 0.4) is 0 Å². The first-order valence-corrected chi connectivity index (χ1v) is 3.73. The van der Waals surface area contributed by atoms with Gasteiger partial charge in [-0.05, 0) is 12.8 Å². The highest BCUT2D eigenvalue weighted by Crippen LogP contribution is 1.98. The molecule has 0 rings (SSSR count). The number of hydrazine groups is 1. The van der Waals surface area contributed by atoms with Gasteiger partial charge in [-0.1, -0.05) is 0 Å². The first kappa shape index (κ1) is 11.8. The zero-order valence-corrected chi connectivity index (χ0v) is 7.06. The van der Waals surface area contributed by atoms with Gasteiger partial charge in [0.2, 0.25) is 0 Å². The molecule has 0 aromatic heterocycles. The zero-order chi connectivity index (χ0) is 10.4. The van der Waals surface area contributed by atoms with Crippen molar-refractivity contribution in [2.75, 3.05) is 0 Å². The van der Waals surface area contributed by atoms with E-state index >= 15 is 0 Å². The summed E-state index contributed by atoms with van der Waals surface area (Å²) in [6.45, 7) is 0. The molecule has 0 aromatic rings. The van der Waals surface area contributed by atoms with Gasteiger partial charge in [-0.2, -0.15) is 0 Å². The number of aliphatic carboxylic acids is 1. The molecule has 1 amide bonds. The molecule has 0 radical (unpaired) electrons. The third kappa shape index (κ3) is 4.41. The van der Waals surface area contributed by atoms with Gasteiger partial charge in [-0.25, -0.2) is 5.84 Å². The first-order chi connectivity index (χ1) is 5.99. The second-order valence-corrected chi connectivity index (χ2v) is 2.64. The van der Waals surface area contributed by atoms with Crippen LogP contribution in [0.1, 0.15) is 12.8 Å². The standard InChI is InChI=1S/C6H14N4O3/c7-3(5(11)10-9)1-2-4(8)6(12)13/h3-4H,1-2,7-9H2,(H,10,11)(H,12,13)/t3?,4-/m1/s1. The molecule has 7 nitrogen and oxygen atoms in total. The number of carboxylic acids is 1. The second kappa shape index (κ2) is 5.46. The van der Waals surface area contributed by atoms with Crippen LogP contribution >= 0.6 is 0 Å². The SMILES string of the molecule is NNC(=O)C(N)CC[C@@H](N)C(=O)O. The summed E-state index contributed by atoms with van der Waals surface area (Å²) in [5.41, 5.74) is 12.4. The van der Waals surface area contributed by atoms with Gasteiger partial charge in [0.25, 0.3) is 5.91 Å². The van der Waals surface area contributed by atoms with Gasteiger partial charge >= 0.3 is 5.97 Å². The van der Waals surface area contributed by atoms with Gasteiger partial charge in [0.1, 0.15) is 6.04 Å². The highest BCUT2D eigenvalue weighted by atomic mass is 16.4. The number of nitrogens with two attached hydrogens (primary N) is 3. The molecule has 1 unspecified atom stereocenters. The highest BCUT2D eigenvalue weighted by molar-refractivity contribution is 5.81. The van der Waals surface area contributed by atoms with Crippen molar-refractivity contribution in [3.63, 3.8) is 0 Å².